The third-order valence-corrected chi connectivity index (χ3v) is 7.64. The summed E-state index contributed by atoms with van der Waals surface area (Å²) < 4.78 is 15.3. The lowest BCUT2D eigenvalue weighted by Gasteiger charge is -2.35. The number of amides is 1. The number of carbonyl (C=O) groups is 1. The smallest absolute Gasteiger partial charge is 0.258 e. The van der Waals surface area contributed by atoms with Crippen molar-refractivity contribution in [3.63, 3.8) is 0 Å². The fourth-order valence-corrected chi connectivity index (χ4v) is 5.97. The number of nitrogens with one attached hydrogen (secondary N) is 1. The van der Waals surface area contributed by atoms with Gasteiger partial charge >= 0.3 is 0 Å². The van der Waals surface area contributed by atoms with Crippen LogP contribution in [0.3, 0.4) is 0 Å². The van der Waals surface area contributed by atoms with E-state index in [4.69, 9.17) is 0 Å². The van der Waals surface area contributed by atoms with Crippen LogP contribution in [0.2, 0.25) is 0 Å². The maximum atomic E-state index is 13.5. The molecule has 1 aromatic carbocycles. The van der Waals surface area contributed by atoms with Gasteiger partial charge in [-0.15, -0.1) is 0 Å². The van der Waals surface area contributed by atoms with E-state index < -0.39 is 5.92 Å². The van der Waals surface area contributed by atoms with E-state index in [1.54, 1.807) is 12.1 Å². The highest BCUT2D eigenvalue weighted by atomic mass is 19.1. The number of halogens is 1. The van der Waals surface area contributed by atoms with Gasteiger partial charge in [0.05, 0.1) is 12.0 Å². The number of hydrogen-bond acceptors (Lipinski definition) is 4. The molecular weight excluding hydrogens is 421 g/mol. The summed E-state index contributed by atoms with van der Waals surface area (Å²) in [6.07, 6.45) is 6.36. The number of allylic oxidation sites excluding steroid dienone is 2. The van der Waals surface area contributed by atoms with Crippen LogP contribution in [0, 0.1) is 17.7 Å². The summed E-state index contributed by atoms with van der Waals surface area (Å²) in [7, 11) is 1.96. The first-order valence-electron chi connectivity index (χ1n) is 11.8. The molecule has 3 heterocycles. The quantitative estimate of drug-likeness (QED) is 0.733. The van der Waals surface area contributed by atoms with Gasteiger partial charge in [-0.1, -0.05) is 18.2 Å². The zero-order chi connectivity index (χ0) is 23.1. The summed E-state index contributed by atoms with van der Waals surface area (Å²) in [5.41, 5.74) is 3.38. The highest BCUT2D eigenvalue weighted by Gasteiger charge is 2.54. The number of nitrogens with zero attached hydrogens (tertiary/aromatic N) is 2. The van der Waals surface area contributed by atoms with Crippen molar-refractivity contribution in [1.82, 2.24) is 14.8 Å². The Hall–Kier alpha value is -2.77. The zero-order valence-corrected chi connectivity index (χ0v) is 18.8. The Morgan fingerprint density at radius 1 is 1.24 bits per heavy atom. The zero-order valence-electron chi connectivity index (χ0n) is 18.8. The lowest BCUT2D eigenvalue weighted by atomic mass is 9.86. The maximum absolute atomic E-state index is 13.5. The van der Waals surface area contributed by atoms with E-state index in [2.05, 4.69) is 16.3 Å². The second-order valence-electron chi connectivity index (χ2n) is 9.46. The Bertz CT molecular complexity index is 1160. The van der Waals surface area contributed by atoms with E-state index in [1.165, 1.54) is 12.1 Å². The van der Waals surface area contributed by atoms with Crippen molar-refractivity contribution >= 4 is 11.5 Å². The SMILES string of the molecule is CN1[C@@H]2c3ccc(C4=CCCCC4)c(=O)n3C[C@H]1[C@H](CO)[C@H]2C(=O)NCc1cccc(F)c1. The number of fused-ring (bicyclic) bond motifs is 4. The van der Waals surface area contributed by atoms with E-state index in [1.807, 2.05) is 23.7 Å². The topological polar surface area (TPSA) is 74.6 Å². The van der Waals surface area contributed by atoms with Gasteiger partial charge in [-0.05, 0) is 68.1 Å². The number of aliphatic hydroxyl groups excluding tert-OH is 1. The number of aliphatic hydroxyl groups is 1. The predicted molar refractivity (Wildman–Crippen MR) is 124 cm³/mol. The first-order chi connectivity index (χ1) is 16.0. The Kier molecular flexibility index (Phi) is 5.93. The average Bonchev–Trinajstić information content (AvgIpc) is 3.00. The molecule has 4 atom stereocenters. The number of likely N-dealkylation sites (N-methyl/N-ethyl adjacent to an activating group) is 1. The summed E-state index contributed by atoms with van der Waals surface area (Å²) in [6, 6.07) is 9.65. The third-order valence-electron chi connectivity index (χ3n) is 7.64. The van der Waals surface area contributed by atoms with Crippen LogP contribution in [0.4, 0.5) is 4.39 Å². The summed E-state index contributed by atoms with van der Waals surface area (Å²) >= 11 is 0. The summed E-state index contributed by atoms with van der Waals surface area (Å²) in [6.45, 7) is 0.539. The normalized spacial score (nSPS) is 26.6. The van der Waals surface area contributed by atoms with E-state index >= 15 is 0 Å². The fraction of sp³-hybridized carbons (Fsp3) is 0.462. The molecule has 1 fully saturated rings. The van der Waals surface area contributed by atoms with Crippen LogP contribution >= 0.6 is 0 Å². The van der Waals surface area contributed by atoms with Gasteiger partial charge in [0.25, 0.3) is 5.56 Å². The number of aromatic nitrogens is 1. The molecule has 1 aliphatic carbocycles. The molecule has 1 saturated heterocycles. The Morgan fingerprint density at radius 2 is 2.09 bits per heavy atom. The summed E-state index contributed by atoms with van der Waals surface area (Å²) in [5, 5.41) is 13.2. The third kappa shape index (κ3) is 3.83. The van der Waals surface area contributed by atoms with Crippen molar-refractivity contribution in [2.75, 3.05) is 13.7 Å². The highest BCUT2D eigenvalue weighted by molar-refractivity contribution is 5.80. The lowest BCUT2D eigenvalue weighted by molar-refractivity contribution is -0.127. The fourth-order valence-electron chi connectivity index (χ4n) is 5.97. The molecule has 0 radical (unpaired) electrons. The van der Waals surface area contributed by atoms with Crippen LogP contribution in [-0.2, 0) is 17.9 Å². The van der Waals surface area contributed by atoms with Crippen LogP contribution in [0.5, 0.6) is 0 Å². The molecule has 33 heavy (non-hydrogen) atoms. The number of hydrogen-bond donors (Lipinski definition) is 2. The Balaban J connectivity index is 1.46. The highest BCUT2D eigenvalue weighted by Crippen LogP contribution is 2.47. The van der Waals surface area contributed by atoms with E-state index in [9.17, 15) is 19.1 Å². The summed E-state index contributed by atoms with van der Waals surface area (Å²) in [4.78, 5) is 28.9. The van der Waals surface area contributed by atoms with E-state index in [0.29, 0.717) is 12.1 Å². The molecule has 1 aromatic heterocycles. The molecular formula is C26H30FN3O3. The second kappa shape index (κ2) is 8.88. The van der Waals surface area contributed by atoms with Gasteiger partial charge in [0.1, 0.15) is 5.82 Å². The minimum Gasteiger partial charge on any atom is -0.396 e. The Morgan fingerprint density at radius 3 is 2.82 bits per heavy atom. The van der Waals surface area contributed by atoms with Crippen molar-refractivity contribution in [2.24, 2.45) is 11.8 Å². The largest absolute Gasteiger partial charge is 0.396 e. The van der Waals surface area contributed by atoms with Crippen LogP contribution in [0.15, 0.2) is 47.3 Å². The molecule has 174 valence electrons. The van der Waals surface area contributed by atoms with Gasteiger partial charge in [0.2, 0.25) is 5.91 Å². The first kappa shape index (κ1) is 22.0. The van der Waals surface area contributed by atoms with Crippen molar-refractivity contribution in [2.45, 2.75) is 50.9 Å². The van der Waals surface area contributed by atoms with Gasteiger partial charge in [-0.3, -0.25) is 14.5 Å². The molecule has 0 unspecified atom stereocenters. The molecule has 0 saturated carbocycles. The van der Waals surface area contributed by atoms with Gasteiger partial charge in [0.15, 0.2) is 0 Å². The van der Waals surface area contributed by atoms with Gasteiger partial charge in [-0.25, -0.2) is 4.39 Å². The first-order valence-corrected chi connectivity index (χ1v) is 11.8. The maximum Gasteiger partial charge on any atom is 0.258 e. The number of rotatable bonds is 5. The average molecular weight is 452 g/mol. The standard InChI is InChI=1S/C26H30FN3O3/c1-29-22-14-30-21(11-10-19(26(30)33)17-7-3-2-4-8-17)24(29)23(20(22)15-31)25(32)28-13-16-6-5-9-18(27)12-16/h5-7,9-12,20,22-24,31H,2-4,8,13-15H2,1H3,(H,28,32)/t20-,22-,23+,24+/m0/s1. The number of carbonyl (C=O) groups excluding carboxylic acids is 1. The molecule has 2 aliphatic heterocycles. The molecule has 6 nitrogen and oxygen atoms in total. The van der Waals surface area contributed by atoms with Crippen LogP contribution < -0.4 is 10.9 Å². The molecule has 1 amide bonds. The van der Waals surface area contributed by atoms with Crippen molar-refractivity contribution in [3.8, 4) is 0 Å². The summed E-state index contributed by atoms with van der Waals surface area (Å²) in [5.74, 6) is -1.31. The van der Waals surface area contributed by atoms with E-state index in [-0.39, 0.29) is 48.4 Å². The molecule has 2 bridgehead atoms. The van der Waals surface area contributed by atoms with Crippen molar-refractivity contribution in [1.29, 1.82) is 0 Å². The van der Waals surface area contributed by atoms with Crippen molar-refractivity contribution in [3.05, 3.63) is 75.5 Å². The second-order valence-corrected chi connectivity index (χ2v) is 9.46. The molecule has 0 spiro atoms. The Labute approximate surface area is 192 Å². The monoisotopic (exact) mass is 451 g/mol. The molecule has 2 aromatic rings. The van der Waals surface area contributed by atoms with Crippen LogP contribution in [0.25, 0.3) is 5.57 Å². The van der Waals surface area contributed by atoms with Crippen LogP contribution in [0.1, 0.15) is 48.5 Å². The molecule has 3 aliphatic rings. The van der Waals surface area contributed by atoms with Crippen LogP contribution in [-0.4, -0.2) is 40.2 Å². The predicted octanol–water partition coefficient (Wildman–Crippen LogP) is 2.85. The lowest BCUT2D eigenvalue weighted by Crippen LogP contribution is -2.45. The molecule has 7 heteroatoms. The molecule has 5 rings (SSSR count). The minimum atomic E-state index is -0.494. The number of pyridine rings is 1. The van der Waals surface area contributed by atoms with Gasteiger partial charge in [-0.2, -0.15) is 0 Å². The molecule has 2 N–H and O–H groups in total. The van der Waals surface area contributed by atoms with E-state index in [0.717, 1.165) is 42.5 Å². The number of benzene rings is 1. The van der Waals surface area contributed by atoms with Crippen molar-refractivity contribution < 1.29 is 14.3 Å². The van der Waals surface area contributed by atoms with Gasteiger partial charge < -0.3 is 15.0 Å². The minimum absolute atomic E-state index is 0.00117. The van der Waals surface area contributed by atoms with Gasteiger partial charge in [0, 0.05) is 42.9 Å².